The van der Waals surface area contributed by atoms with Crippen molar-refractivity contribution in [3.05, 3.63) is 35.9 Å². The number of aliphatic hydroxyl groups is 1. The van der Waals surface area contributed by atoms with Gasteiger partial charge in [-0.25, -0.2) is 9.63 Å². The number of hydrogen-bond acceptors (Lipinski definition) is 5. The first-order valence-corrected chi connectivity index (χ1v) is 5.15. The Hall–Kier alpha value is -2.12. The van der Waals surface area contributed by atoms with Gasteiger partial charge in [0.2, 0.25) is 5.91 Å². The molecule has 2 amide bonds. The average molecular weight is 254 g/mol. The molecule has 1 aromatic rings. The summed E-state index contributed by atoms with van der Waals surface area (Å²) in [6.45, 7) is 1.27. The topological polar surface area (TPSA) is 96.9 Å². The Labute approximate surface area is 104 Å². The summed E-state index contributed by atoms with van der Waals surface area (Å²) >= 11 is 0. The Bertz CT molecular complexity index is 396. The lowest BCUT2D eigenvalue weighted by atomic mass is 10.2. The Morgan fingerprint density at radius 1 is 1.33 bits per heavy atom. The molecule has 1 aromatic carbocycles. The number of benzene rings is 1. The third-order valence-electron chi connectivity index (χ3n) is 1.79. The number of aliphatic hydroxyl groups excluding tert-OH is 1. The highest BCUT2D eigenvalue weighted by molar-refractivity contribution is 5.72. The van der Waals surface area contributed by atoms with Gasteiger partial charge in [0.25, 0.3) is 6.41 Å². The summed E-state index contributed by atoms with van der Waals surface area (Å²) in [5.74, 6) is -0.498. The number of rotatable bonds is 5. The van der Waals surface area contributed by atoms with Crippen LogP contribution < -0.4 is 10.8 Å². The van der Waals surface area contributed by atoms with E-state index in [2.05, 4.69) is 4.84 Å². The number of carbonyl (C=O) groups is 2. The van der Waals surface area contributed by atoms with Crippen LogP contribution in [0.4, 0.5) is 4.79 Å². The number of nitrogens with one attached hydrogen (secondary N) is 2. The molecule has 0 saturated heterocycles. The minimum atomic E-state index is -1.62. The van der Waals surface area contributed by atoms with Crippen molar-refractivity contribution in [1.82, 2.24) is 10.8 Å². The fourth-order valence-corrected chi connectivity index (χ4v) is 1.06. The zero-order valence-electron chi connectivity index (χ0n) is 9.75. The average Bonchev–Trinajstić information content (AvgIpc) is 2.34. The first kappa shape index (κ1) is 13.9. The largest absolute Gasteiger partial charge is 0.443 e. The third kappa shape index (κ3) is 5.83. The van der Waals surface area contributed by atoms with E-state index in [9.17, 15) is 9.59 Å². The Morgan fingerprint density at radius 2 is 2.00 bits per heavy atom. The van der Waals surface area contributed by atoms with Crippen molar-refractivity contribution in [3.63, 3.8) is 0 Å². The summed E-state index contributed by atoms with van der Waals surface area (Å²) in [7, 11) is 0. The minimum Gasteiger partial charge on any atom is -0.443 e. The van der Waals surface area contributed by atoms with Crippen LogP contribution in [0, 0.1) is 0 Å². The maximum atomic E-state index is 11.1. The van der Waals surface area contributed by atoms with Crippen LogP contribution in [0.3, 0.4) is 0 Å². The molecule has 1 unspecified atom stereocenters. The molecule has 7 nitrogen and oxygen atoms in total. The van der Waals surface area contributed by atoms with Crippen molar-refractivity contribution in [1.29, 1.82) is 0 Å². The Kier molecular flexibility index (Phi) is 5.62. The van der Waals surface area contributed by atoms with E-state index in [1.165, 1.54) is 6.92 Å². The van der Waals surface area contributed by atoms with Gasteiger partial charge in [-0.05, 0) is 5.56 Å². The van der Waals surface area contributed by atoms with Crippen LogP contribution in [0.15, 0.2) is 30.3 Å². The van der Waals surface area contributed by atoms with E-state index in [4.69, 9.17) is 9.84 Å². The van der Waals surface area contributed by atoms with E-state index in [-0.39, 0.29) is 6.61 Å². The van der Waals surface area contributed by atoms with Gasteiger partial charge in [0, 0.05) is 6.92 Å². The molecule has 0 bridgehead atoms. The summed E-state index contributed by atoms with van der Waals surface area (Å²) in [6, 6.07) is 9.05. The molecule has 0 fully saturated rings. The molecule has 0 aliphatic heterocycles. The monoisotopic (exact) mass is 254 g/mol. The lowest BCUT2D eigenvalue weighted by Gasteiger charge is -2.12. The first-order chi connectivity index (χ1) is 8.58. The van der Waals surface area contributed by atoms with Crippen LogP contribution in [0.5, 0.6) is 0 Å². The Balaban J connectivity index is 2.20. The summed E-state index contributed by atoms with van der Waals surface area (Å²) < 4.78 is 4.78. The van der Waals surface area contributed by atoms with Gasteiger partial charge in [-0.2, -0.15) is 5.48 Å². The normalized spacial score (nSPS) is 11.4. The van der Waals surface area contributed by atoms with Gasteiger partial charge in [0.15, 0.2) is 0 Å². The Morgan fingerprint density at radius 3 is 2.61 bits per heavy atom. The van der Waals surface area contributed by atoms with Crippen molar-refractivity contribution in [2.24, 2.45) is 0 Å². The van der Waals surface area contributed by atoms with Gasteiger partial charge >= 0.3 is 6.09 Å². The van der Waals surface area contributed by atoms with E-state index in [1.807, 2.05) is 29.0 Å². The van der Waals surface area contributed by atoms with Crippen molar-refractivity contribution in [3.8, 4) is 0 Å². The number of hydrogen-bond donors (Lipinski definition) is 3. The zero-order valence-corrected chi connectivity index (χ0v) is 9.75. The van der Waals surface area contributed by atoms with Crippen LogP contribution in [0.25, 0.3) is 0 Å². The molecule has 0 radical (unpaired) electrons. The van der Waals surface area contributed by atoms with Crippen molar-refractivity contribution in [2.75, 3.05) is 0 Å². The molecule has 1 rings (SSSR count). The van der Waals surface area contributed by atoms with Crippen molar-refractivity contribution < 1.29 is 24.3 Å². The molecular formula is C11H14N2O5. The molecule has 3 N–H and O–H groups in total. The second-order valence-corrected chi connectivity index (χ2v) is 3.33. The van der Waals surface area contributed by atoms with Gasteiger partial charge in [-0.3, -0.25) is 4.79 Å². The van der Waals surface area contributed by atoms with E-state index < -0.39 is 18.4 Å². The highest BCUT2D eigenvalue weighted by atomic mass is 16.8. The molecule has 0 aromatic heterocycles. The lowest BCUT2D eigenvalue weighted by molar-refractivity contribution is -0.165. The van der Waals surface area contributed by atoms with Gasteiger partial charge in [0.1, 0.15) is 6.61 Å². The summed E-state index contributed by atoms with van der Waals surface area (Å²) in [6.07, 6.45) is -2.49. The summed E-state index contributed by atoms with van der Waals surface area (Å²) in [4.78, 5) is 26.0. The summed E-state index contributed by atoms with van der Waals surface area (Å²) in [5.41, 5.74) is 2.65. The third-order valence-corrected chi connectivity index (χ3v) is 1.79. The number of hydroxylamine groups is 1. The smallest absolute Gasteiger partial charge is 0.431 e. The van der Waals surface area contributed by atoms with Gasteiger partial charge in [-0.1, -0.05) is 30.3 Å². The molecule has 18 heavy (non-hydrogen) atoms. The maximum Gasteiger partial charge on any atom is 0.431 e. The van der Waals surface area contributed by atoms with Crippen LogP contribution >= 0.6 is 0 Å². The van der Waals surface area contributed by atoms with Crippen LogP contribution in [0.2, 0.25) is 0 Å². The van der Waals surface area contributed by atoms with Gasteiger partial charge in [0.05, 0.1) is 0 Å². The standard InChI is InChI=1S/C11H14N2O5/c1-8(14)12-10(15)18-13-11(16)17-7-9-5-3-2-4-6-9/h2-6,10,15H,7H2,1H3,(H,12,14)(H,13,16). The van der Waals surface area contributed by atoms with Gasteiger partial charge < -0.3 is 15.2 Å². The molecule has 7 heteroatoms. The van der Waals surface area contributed by atoms with E-state index in [1.54, 1.807) is 12.1 Å². The van der Waals surface area contributed by atoms with Crippen molar-refractivity contribution in [2.45, 2.75) is 19.9 Å². The van der Waals surface area contributed by atoms with E-state index >= 15 is 0 Å². The number of ether oxygens (including phenoxy) is 1. The molecule has 0 heterocycles. The quantitative estimate of drug-likeness (QED) is 0.517. The fraction of sp³-hybridized carbons (Fsp3) is 0.273. The van der Waals surface area contributed by atoms with Crippen LogP contribution in [-0.2, 0) is 21.0 Å². The summed E-state index contributed by atoms with van der Waals surface area (Å²) in [5, 5.41) is 11.0. The number of amides is 2. The molecule has 0 aliphatic rings. The lowest BCUT2D eigenvalue weighted by Crippen LogP contribution is -2.40. The molecule has 0 aliphatic carbocycles. The molecular weight excluding hydrogens is 240 g/mol. The molecule has 0 saturated carbocycles. The predicted octanol–water partition coefficient (Wildman–Crippen LogP) is 0.256. The second-order valence-electron chi connectivity index (χ2n) is 3.33. The molecule has 98 valence electrons. The fourth-order valence-electron chi connectivity index (χ4n) is 1.06. The van der Waals surface area contributed by atoms with Crippen LogP contribution in [0.1, 0.15) is 12.5 Å². The van der Waals surface area contributed by atoms with Crippen LogP contribution in [-0.4, -0.2) is 23.5 Å². The molecule has 0 spiro atoms. The SMILES string of the molecule is CC(=O)NC(O)ONC(=O)OCc1ccccc1. The highest BCUT2D eigenvalue weighted by Gasteiger charge is 2.08. The zero-order chi connectivity index (χ0) is 13.4. The van der Waals surface area contributed by atoms with Gasteiger partial charge in [-0.15, -0.1) is 0 Å². The first-order valence-electron chi connectivity index (χ1n) is 5.15. The van der Waals surface area contributed by atoms with Crippen molar-refractivity contribution >= 4 is 12.0 Å². The van der Waals surface area contributed by atoms with E-state index in [0.29, 0.717) is 0 Å². The van der Waals surface area contributed by atoms with E-state index in [0.717, 1.165) is 5.56 Å². The maximum absolute atomic E-state index is 11.1. The molecule has 1 atom stereocenters. The highest BCUT2D eigenvalue weighted by Crippen LogP contribution is 2.00. The second kappa shape index (κ2) is 7.25. The number of carbonyl (C=O) groups excluding carboxylic acids is 2. The predicted molar refractivity (Wildman–Crippen MR) is 60.7 cm³/mol. The minimum absolute atomic E-state index is 0.0757.